The number of nitrogens with zero attached hydrogens (tertiary/aromatic N) is 3. The fourth-order valence-electron chi connectivity index (χ4n) is 3.60. The van der Waals surface area contributed by atoms with Crippen LogP contribution >= 0.6 is 11.6 Å². The van der Waals surface area contributed by atoms with Crippen molar-refractivity contribution in [3.05, 3.63) is 75.8 Å². The number of anilines is 1. The molecule has 0 saturated carbocycles. The highest BCUT2D eigenvalue weighted by molar-refractivity contribution is 7.89. The highest BCUT2D eigenvalue weighted by Gasteiger charge is 2.27. The van der Waals surface area contributed by atoms with Gasteiger partial charge in [0.25, 0.3) is 0 Å². The number of ether oxygens (including phenoxy) is 2. The zero-order chi connectivity index (χ0) is 26.5. The summed E-state index contributed by atoms with van der Waals surface area (Å²) >= 11 is 6.48. The zero-order valence-electron chi connectivity index (χ0n) is 20.7. The van der Waals surface area contributed by atoms with Gasteiger partial charge >= 0.3 is 0 Å². The molecule has 0 fully saturated rings. The van der Waals surface area contributed by atoms with Gasteiger partial charge in [0, 0.05) is 17.9 Å². The first-order valence-corrected chi connectivity index (χ1v) is 13.8. The molecule has 190 valence electrons. The molecule has 0 spiro atoms. The number of hydrogen-bond donors (Lipinski definition) is 1. The van der Waals surface area contributed by atoms with E-state index in [0.717, 1.165) is 23.8 Å². The van der Waals surface area contributed by atoms with Crippen LogP contribution in [0.4, 0.5) is 5.69 Å². The first-order chi connectivity index (χ1) is 16.9. The van der Waals surface area contributed by atoms with Crippen LogP contribution in [0.25, 0.3) is 0 Å². The van der Waals surface area contributed by atoms with Crippen LogP contribution < -0.4 is 15.2 Å². The predicted molar refractivity (Wildman–Crippen MR) is 140 cm³/mol. The van der Waals surface area contributed by atoms with Gasteiger partial charge in [0.1, 0.15) is 30.0 Å². The molecule has 0 aliphatic carbocycles. The molecule has 1 aromatic heterocycles. The number of aromatic nitrogens is 2. The number of sulfone groups is 1. The predicted octanol–water partition coefficient (Wildman–Crippen LogP) is 4.82. The van der Waals surface area contributed by atoms with E-state index in [-0.39, 0.29) is 18.2 Å². The Morgan fingerprint density at radius 2 is 1.89 bits per heavy atom. The molecule has 0 aliphatic rings. The van der Waals surface area contributed by atoms with Crippen LogP contribution in [0.15, 0.2) is 42.6 Å². The lowest BCUT2D eigenvalue weighted by molar-refractivity contribution is 0.302. The van der Waals surface area contributed by atoms with Crippen molar-refractivity contribution in [3.8, 4) is 17.6 Å². The average Bonchev–Trinajstić information content (AvgIpc) is 2.81. The fraction of sp³-hybridized carbons (Fsp3) is 0.346. The standard InChI is InChI=1S/C26H29ClN4O4S/c1-5-10-34-25-17(14-28)11-19(12-21(25)27)26(2,3)18-6-7-23(22(29)13-18)35-15-20-8-9-30-24(31-20)16-36(4,32)33/h6-9,11-13H,5,10,15-16,29H2,1-4H3. The summed E-state index contributed by atoms with van der Waals surface area (Å²) in [6.45, 7) is 6.60. The Morgan fingerprint density at radius 1 is 1.14 bits per heavy atom. The van der Waals surface area contributed by atoms with E-state index in [1.807, 2.05) is 39.0 Å². The minimum Gasteiger partial charge on any atom is -0.491 e. The molecular formula is C26H29ClN4O4S. The first kappa shape index (κ1) is 27.2. The highest BCUT2D eigenvalue weighted by atomic mass is 35.5. The van der Waals surface area contributed by atoms with Gasteiger partial charge in [0.15, 0.2) is 15.6 Å². The molecule has 2 aromatic carbocycles. The number of nitriles is 1. The number of hydrogen-bond acceptors (Lipinski definition) is 8. The van der Waals surface area contributed by atoms with Crippen LogP contribution in [0.2, 0.25) is 5.02 Å². The Morgan fingerprint density at radius 3 is 2.53 bits per heavy atom. The van der Waals surface area contributed by atoms with Crippen LogP contribution in [0, 0.1) is 11.3 Å². The molecule has 0 aliphatic heterocycles. The molecule has 0 unspecified atom stereocenters. The van der Waals surface area contributed by atoms with E-state index in [0.29, 0.717) is 40.1 Å². The summed E-state index contributed by atoms with van der Waals surface area (Å²) in [6, 6.07) is 13.0. The molecule has 36 heavy (non-hydrogen) atoms. The third kappa shape index (κ3) is 6.65. The molecule has 0 atom stereocenters. The smallest absolute Gasteiger partial charge is 0.155 e. The Kier molecular flexibility index (Phi) is 8.43. The summed E-state index contributed by atoms with van der Waals surface area (Å²) in [5.41, 5.74) is 8.90. The molecule has 3 aromatic rings. The monoisotopic (exact) mass is 528 g/mol. The Bertz CT molecular complexity index is 1400. The van der Waals surface area contributed by atoms with E-state index in [2.05, 4.69) is 16.0 Å². The number of benzene rings is 2. The molecular weight excluding hydrogens is 500 g/mol. The maximum absolute atomic E-state index is 11.5. The van der Waals surface area contributed by atoms with E-state index in [1.165, 1.54) is 6.20 Å². The summed E-state index contributed by atoms with van der Waals surface area (Å²) in [7, 11) is -3.24. The SMILES string of the molecule is CCCOc1c(Cl)cc(C(C)(C)c2ccc(OCc3ccnc(CS(C)(=O)=O)n3)c(N)c2)cc1C#N. The normalized spacial score (nSPS) is 11.7. The molecule has 3 rings (SSSR count). The lowest BCUT2D eigenvalue weighted by Crippen LogP contribution is -2.20. The second-order valence-corrected chi connectivity index (χ2v) is 11.5. The molecule has 1 heterocycles. The molecule has 0 amide bonds. The van der Waals surface area contributed by atoms with Crippen molar-refractivity contribution < 1.29 is 17.9 Å². The second kappa shape index (κ2) is 11.1. The molecule has 8 nitrogen and oxygen atoms in total. The van der Waals surface area contributed by atoms with Crippen LogP contribution in [0.5, 0.6) is 11.5 Å². The first-order valence-electron chi connectivity index (χ1n) is 11.3. The van der Waals surface area contributed by atoms with Gasteiger partial charge in [-0.15, -0.1) is 0 Å². The average molecular weight is 529 g/mol. The van der Waals surface area contributed by atoms with Crippen molar-refractivity contribution >= 4 is 27.1 Å². The number of rotatable bonds is 10. The van der Waals surface area contributed by atoms with Gasteiger partial charge in [-0.25, -0.2) is 18.4 Å². The van der Waals surface area contributed by atoms with Gasteiger partial charge in [-0.3, -0.25) is 0 Å². The van der Waals surface area contributed by atoms with Crippen molar-refractivity contribution in [2.75, 3.05) is 18.6 Å². The van der Waals surface area contributed by atoms with Crippen molar-refractivity contribution in [3.63, 3.8) is 0 Å². The second-order valence-electron chi connectivity index (χ2n) is 9.00. The van der Waals surface area contributed by atoms with Crippen molar-refractivity contribution in [1.29, 1.82) is 5.26 Å². The summed E-state index contributed by atoms with van der Waals surface area (Å²) in [4.78, 5) is 8.24. The van der Waals surface area contributed by atoms with E-state index < -0.39 is 15.3 Å². The molecule has 0 radical (unpaired) electrons. The van der Waals surface area contributed by atoms with Gasteiger partial charge in [-0.1, -0.05) is 38.4 Å². The summed E-state index contributed by atoms with van der Waals surface area (Å²) < 4.78 is 34.5. The van der Waals surface area contributed by atoms with Gasteiger partial charge in [0.2, 0.25) is 0 Å². The third-order valence-corrected chi connectivity index (χ3v) is 6.66. The fourth-order valence-corrected chi connectivity index (χ4v) is 4.48. The summed E-state index contributed by atoms with van der Waals surface area (Å²) in [5.74, 6) is 0.839. The maximum atomic E-state index is 11.5. The number of halogens is 1. The molecule has 10 heteroatoms. The van der Waals surface area contributed by atoms with Crippen molar-refractivity contribution in [1.82, 2.24) is 9.97 Å². The van der Waals surface area contributed by atoms with Gasteiger partial charge in [0.05, 0.1) is 28.6 Å². The Balaban J connectivity index is 1.81. The summed E-state index contributed by atoms with van der Waals surface area (Å²) in [6.07, 6.45) is 3.44. The number of nitrogen functional groups attached to an aromatic ring is 1. The third-order valence-electron chi connectivity index (χ3n) is 5.60. The largest absolute Gasteiger partial charge is 0.491 e. The van der Waals surface area contributed by atoms with E-state index >= 15 is 0 Å². The molecule has 2 N–H and O–H groups in total. The van der Waals surface area contributed by atoms with Crippen molar-refractivity contribution in [2.45, 2.75) is 45.0 Å². The van der Waals surface area contributed by atoms with E-state index in [9.17, 15) is 13.7 Å². The van der Waals surface area contributed by atoms with E-state index in [1.54, 1.807) is 18.2 Å². The minimum atomic E-state index is -3.24. The minimum absolute atomic E-state index is 0.104. The van der Waals surface area contributed by atoms with Crippen LogP contribution in [-0.4, -0.2) is 31.2 Å². The lowest BCUT2D eigenvalue weighted by Gasteiger charge is -2.28. The van der Waals surface area contributed by atoms with Gasteiger partial charge in [-0.2, -0.15) is 5.26 Å². The van der Waals surface area contributed by atoms with Crippen molar-refractivity contribution in [2.24, 2.45) is 0 Å². The van der Waals surface area contributed by atoms with Crippen LogP contribution in [-0.2, 0) is 27.6 Å². The van der Waals surface area contributed by atoms with Gasteiger partial charge < -0.3 is 15.2 Å². The van der Waals surface area contributed by atoms with Gasteiger partial charge in [-0.05, 0) is 47.9 Å². The zero-order valence-corrected chi connectivity index (χ0v) is 22.3. The highest BCUT2D eigenvalue weighted by Crippen LogP contribution is 2.39. The number of nitrogens with two attached hydrogens (primary N) is 1. The summed E-state index contributed by atoms with van der Waals surface area (Å²) in [5, 5.41) is 10.0. The molecule has 0 bridgehead atoms. The topological polar surface area (TPSA) is 128 Å². The van der Waals surface area contributed by atoms with E-state index in [4.69, 9.17) is 26.8 Å². The van der Waals surface area contributed by atoms with Crippen LogP contribution in [0.3, 0.4) is 0 Å². The Labute approximate surface area is 217 Å². The van der Waals surface area contributed by atoms with Crippen LogP contribution in [0.1, 0.15) is 55.4 Å². The Hall–Kier alpha value is -3.35. The maximum Gasteiger partial charge on any atom is 0.155 e. The quantitative estimate of drug-likeness (QED) is 0.371. The lowest BCUT2D eigenvalue weighted by atomic mass is 9.77. The molecule has 0 saturated heterocycles.